The van der Waals surface area contributed by atoms with Crippen molar-refractivity contribution in [2.45, 2.75) is 33.2 Å². The maximum atomic E-state index is 13.6. The molecular weight excluding hydrogens is 418 g/mol. The van der Waals surface area contributed by atoms with Gasteiger partial charge in [0, 0.05) is 0 Å². The first-order valence-electron chi connectivity index (χ1n) is 10.4. The van der Waals surface area contributed by atoms with Crippen molar-refractivity contribution in [3.63, 3.8) is 0 Å². The van der Waals surface area contributed by atoms with Crippen LogP contribution in [0.15, 0.2) is 33.5 Å². The maximum Gasteiger partial charge on any atom is 0.200 e. The predicted molar refractivity (Wildman–Crippen MR) is 116 cm³/mol. The van der Waals surface area contributed by atoms with Gasteiger partial charge >= 0.3 is 0 Å². The van der Waals surface area contributed by atoms with Gasteiger partial charge in [0.15, 0.2) is 17.1 Å². The first-order valence-corrected chi connectivity index (χ1v) is 10.4. The lowest BCUT2D eigenvalue weighted by Crippen LogP contribution is -3.04. The molecule has 31 heavy (non-hydrogen) atoms. The van der Waals surface area contributed by atoms with E-state index < -0.39 is 0 Å². The average Bonchev–Trinajstić information content (AvgIpc) is 2.72. The van der Waals surface area contributed by atoms with Crippen molar-refractivity contribution >= 4 is 11.0 Å². The molecule has 0 saturated heterocycles. The Morgan fingerprint density at radius 1 is 1.10 bits per heavy atom. The summed E-state index contributed by atoms with van der Waals surface area (Å²) < 4.78 is 17.5. The van der Waals surface area contributed by atoms with Gasteiger partial charge < -0.3 is 36.3 Å². The Hall–Kier alpha value is -2.70. The van der Waals surface area contributed by atoms with E-state index in [0.29, 0.717) is 65.5 Å². The first kappa shape index (κ1) is 23.0. The lowest BCUT2D eigenvalue weighted by Gasteiger charge is -2.19. The summed E-state index contributed by atoms with van der Waals surface area (Å²) in [6.07, 6.45) is 1.57. The molecule has 2 N–H and O–H groups in total. The number of hydrogen-bond acceptors (Lipinski definition) is 5. The van der Waals surface area contributed by atoms with E-state index in [4.69, 9.17) is 13.9 Å². The van der Waals surface area contributed by atoms with Gasteiger partial charge in [0.25, 0.3) is 0 Å². The minimum atomic E-state index is -0.0993. The molecule has 0 spiro atoms. The minimum absolute atomic E-state index is 0. The summed E-state index contributed by atoms with van der Waals surface area (Å²) >= 11 is 0. The van der Waals surface area contributed by atoms with E-state index in [2.05, 4.69) is 6.92 Å². The van der Waals surface area contributed by atoms with Gasteiger partial charge in [-0.15, -0.1) is 0 Å². The number of ether oxygens (including phenoxy) is 2. The number of benzene rings is 2. The molecule has 0 amide bonds. The molecule has 166 valence electrons. The predicted octanol–water partition coefficient (Wildman–Crippen LogP) is -0.154. The number of phenols is 1. The Bertz CT molecular complexity index is 1170. The summed E-state index contributed by atoms with van der Waals surface area (Å²) in [6.45, 7) is 5.40. The fraction of sp³-hybridized carbons (Fsp3) is 0.375. The lowest BCUT2D eigenvalue weighted by molar-refractivity contribution is -0.872. The second-order valence-corrected chi connectivity index (χ2v) is 8.09. The molecule has 6 nitrogen and oxygen atoms in total. The van der Waals surface area contributed by atoms with Gasteiger partial charge in [-0.1, -0.05) is 19.4 Å². The zero-order chi connectivity index (χ0) is 21.4. The van der Waals surface area contributed by atoms with Gasteiger partial charge in [-0.25, -0.2) is 0 Å². The summed E-state index contributed by atoms with van der Waals surface area (Å²) in [5.41, 5.74) is 3.08. The summed E-state index contributed by atoms with van der Waals surface area (Å²) in [7, 11) is 4.01. The molecule has 2 heterocycles. The molecule has 2 aromatic carbocycles. The van der Waals surface area contributed by atoms with Crippen molar-refractivity contribution in [2.24, 2.45) is 0 Å². The van der Waals surface area contributed by atoms with Gasteiger partial charge in [-0.2, -0.15) is 0 Å². The highest BCUT2D eigenvalue weighted by molar-refractivity contribution is 5.88. The van der Waals surface area contributed by atoms with Crippen molar-refractivity contribution in [1.29, 1.82) is 0 Å². The normalized spacial score (nSPS) is 12.8. The van der Waals surface area contributed by atoms with Crippen molar-refractivity contribution in [2.75, 3.05) is 27.3 Å². The molecule has 7 heteroatoms. The highest BCUT2D eigenvalue weighted by Gasteiger charge is 2.23. The fourth-order valence-electron chi connectivity index (χ4n) is 4.07. The Morgan fingerprint density at radius 3 is 2.48 bits per heavy atom. The number of aryl methyl sites for hydroxylation is 2. The Balaban J connectivity index is 0.00000272. The molecule has 1 aromatic heterocycles. The van der Waals surface area contributed by atoms with E-state index in [1.807, 2.05) is 32.3 Å². The highest BCUT2D eigenvalue weighted by atomic mass is 35.5. The minimum Gasteiger partial charge on any atom is -1.00 e. The van der Waals surface area contributed by atoms with Gasteiger partial charge in [-0.3, -0.25) is 4.79 Å². The second-order valence-electron chi connectivity index (χ2n) is 8.09. The number of nitrogens with one attached hydrogen (secondary N) is 1. The largest absolute Gasteiger partial charge is 1.00 e. The van der Waals surface area contributed by atoms with Crippen LogP contribution in [0.5, 0.6) is 17.2 Å². The number of phenolic OH excluding ortho intramolecular Hbond substituents is 1. The number of hydrogen-bond donors (Lipinski definition) is 2. The van der Waals surface area contributed by atoms with E-state index in [-0.39, 0.29) is 23.6 Å². The summed E-state index contributed by atoms with van der Waals surface area (Å²) in [6, 6.07) is 7.30. The average molecular weight is 446 g/mol. The van der Waals surface area contributed by atoms with E-state index in [9.17, 15) is 9.90 Å². The van der Waals surface area contributed by atoms with Crippen LogP contribution in [0.25, 0.3) is 22.1 Å². The van der Waals surface area contributed by atoms with Crippen LogP contribution in [0.1, 0.15) is 30.2 Å². The monoisotopic (exact) mass is 445 g/mol. The van der Waals surface area contributed by atoms with Crippen LogP contribution in [-0.4, -0.2) is 32.4 Å². The third-order valence-corrected chi connectivity index (χ3v) is 5.39. The number of halogens is 1. The molecule has 1 aliphatic heterocycles. The molecule has 0 atom stereocenters. The van der Waals surface area contributed by atoms with Crippen molar-refractivity contribution in [3.8, 4) is 28.4 Å². The van der Waals surface area contributed by atoms with E-state index in [1.54, 1.807) is 13.0 Å². The fourth-order valence-corrected chi connectivity index (χ4v) is 4.07. The van der Waals surface area contributed by atoms with E-state index in [1.165, 1.54) is 0 Å². The van der Waals surface area contributed by atoms with Gasteiger partial charge in [-0.05, 0) is 42.7 Å². The molecular formula is C24H28ClNO5. The maximum absolute atomic E-state index is 13.6. The van der Waals surface area contributed by atoms with Crippen LogP contribution in [0.3, 0.4) is 0 Å². The van der Waals surface area contributed by atoms with Crippen LogP contribution in [-0.2, 0) is 13.0 Å². The van der Waals surface area contributed by atoms with Gasteiger partial charge in [0.2, 0.25) is 5.43 Å². The standard InChI is InChI=1S/C24H27NO5.ClH/c1-5-6-16-11-17-23(27)21(15-7-8-19-20(12-15)29-10-9-28-19)14(2)30-24(17)18(22(16)26)13-25(3)4;/h7-8,11-12,26H,5-6,9-10,13H2,1-4H3;1H. The zero-order valence-electron chi connectivity index (χ0n) is 18.3. The number of rotatable bonds is 5. The number of aromatic hydroxyl groups is 1. The Kier molecular flexibility index (Phi) is 6.82. The van der Waals surface area contributed by atoms with Crippen LogP contribution >= 0.6 is 0 Å². The van der Waals surface area contributed by atoms with Gasteiger partial charge in [0.05, 0.1) is 30.6 Å². The molecule has 0 aliphatic carbocycles. The highest BCUT2D eigenvalue weighted by Crippen LogP contribution is 2.37. The third kappa shape index (κ3) is 4.23. The molecule has 0 fully saturated rings. The SMILES string of the molecule is CCCc1cc2c(=O)c(-c3ccc4c(c3)OCCO4)c(C)oc2c(C[NH+](C)C)c1O.[Cl-]. The number of fused-ring (bicyclic) bond motifs is 2. The molecule has 3 aromatic rings. The number of quaternary nitrogens is 1. The molecule has 0 saturated carbocycles. The van der Waals surface area contributed by atoms with Crippen LogP contribution in [0.4, 0.5) is 0 Å². The second kappa shape index (κ2) is 9.20. The zero-order valence-corrected chi connectivity index (χ0v) is 19.1. The van der Waals surface area contributed by atoms with Crippen molar-refractivity contribution in [1.82, 2.24) is 0 Å². The molecule has 4 rings (SSSR count). The van der Waals surface area contributed by atoms with Crippen molar-refractivity contribution < 1.29 is 36.3 Å². The topological polar surface area (TPSA) is 73.3 Å². The lowest BCUT2D eigenvalue weighted by atomic mass is 9.97. The molecule has 1 aliphatic rings. The van der Waals surface area contributed by atoms with Crippen LogP contribution < -0.4 is 32.2 Å². The molecule has 0 radical (unpaired) electrons. The van der Waals surface area contributed by atoms with Gasteiger partial charge in [0.1, 0.15) is 31.3 Å². The Morgan fingerprint density at radius 2 is 1.81 bits per heavy atom. The first-order chi connectivity index (χ1) is 14.4. The summed E-state index contributed by atoms with van der Waals surface area (Å²) in [5.74, 6) is 2.06. The summed E-state index contributed by atoms with van der Waals surface area (Å²) in [4.78, 5) is 14.7. The Labute approximate surface area is 187 Å². The van der Waals surface area contributed by atoms with Crippen molar-refractivity contribution in [3.05, 3.63) is 51.4 Å². The van der Waals surface area contributed by atoms with E-state index in [0.717, 1.165) is 22.4 Å². The molecule has 0 unspecified atom stereocenters. The van der Waals surface area contributed by atoms with Crippen LogP contribution in [0.2, 0.25) is 0 Å². The smallest absolute Gasteiger partial charge is 0.200 e. The van der Waals surface area contributed by atoms with Crippen LogP contribution in [0, 0.1) is 6.92 Å². The van der Waals surface area contributed by atoms with E-state index >= 15 is 0 Å². The quantitative estimate of drug-likeness (QED) is 0.571. The molecule has 0 bridgehead atoms. The third-order valence-electron chi connectivity index (χ3n) is 5.39. The summed E-state index contributed by atoms with van der Waals surface area (Å²) in [5, 5.41) is 11.4.